The van der Waals surface area contributed by atoms with E-state index in [0.717, 1.165) is 69.7 Å². The number of hydrogen-bond acceptors (Lipinski definition) is 9. The van der Waals surface area contributed by atoms with E-state index in [1.807, 2.05) is 6.07 Å². The standard InChI is InChI=1S/C24H32N6O3/c1-18-4-3-5-19(14-18)21-15-20(17-28-6-10-32-11-7-28)30(27-21)23-16-22(25-24(26-23)31-2)29-8-12-33-13-9-29/h3-5,14,16,20H,6-13,15,17H2,1-2H3. The lowest BCUT2D eigenvalue weighted by Crippen LogP contribution is -2.45. The number of morpholine rings is 2. The van der Waals surface area contributed by atoms with Gasteiger partial charge in [0.15, 0.2) is 5.82 Å². The lowest BCUT2D eigenvalue weighted by Gasteiger charge is -2.32. The minimum Gasteiger partial charge on any atom is -0.467 e. The molecule has 2 saturated heterocycles. The van der Waals surface area contributed by atoms with Crippen molar-refractivity contribution in [3.05, 3.63) is 41.5 Å². The van der Waals surface area contributed by atoms with Crippen molar-refractivity contribution in [3.8, 4) is 6.01 Å². The first-order chi connectivity index (χ1) is 16.2. The predicted octanol–water partition coefficient (Wildman–Crippen LogP) is 1.95. The Morgan fingerprint density at radius 2 is 1.70 bits per heavy atom. The fourth-order valence-electron chi connectivity index (χ4n) is 4.59. The second-order valence-electron chi connectivity index (χ2n) is 8.70. The Bertz CT molecular complexity index is 988. The zero-order valence-corrected chi connectivity index (χ0v) is 19.4. The van der Waals surface area contributed by atoms with E-state index < -0.39 is 0 Å². The smallest absolute Gasteiger partial charge is 0.320 e. The molecule has 1 unspecified atom stereocenters. The molecule has 3 aliphatic heterocycles. The fourth-order valence-corrected chi connectivity index (χ4v) is 4.59. The van der Waals surface area contributed by atoms with Gasteiger partial charge in [0.05, 0.1) is 45.3 Å². The Labute approximate surface area is 195 Å². The zero-order valence-electron chi connectivity index (χ0n) is 19.4. The van der Waals surface area contributed by atoms with Crippen LogP contribution in [0.2, 0.25) is 0 Å². The molecule has 0 N–H and O–H groups in total. The van der Waals surface area contributed by atoms with Crippen LogP contribution in [0, 0.1) is 6.92 Å². The highest BCUT2D eigenvalue weighted by atomic mass is 16.5. The first-order valence-electron chi connectivity index (χ1n) is 11.7. The van der Waals surface area contributed by atoms with E-state index in [-0.39, 0.29) is 6.04 Å². The molecule has 0 aliphatic carbocycles. The van der Waals surface area contributed by atoms with Gasteiger partial charge in [0.25, 0.3) is 0 Å². The van der Waals surface area contributed by atoms with E-state index in [9.17, 15) is 0 Å². The number of aryl methyl sites for hydroxylation is 1. The number of nitrogens with zero attached hydrogens (tertiary/aromatic N) is 6. The summed E-state index contributed by atoms with van der Waals surface area (Å²) in [5.41, 5.74) is 3.48. The van der Waals surface area contributed by atoms with Gasteiger partial charge in [0.1, 0.15) is 5.82 Å². The number of methoxy groups -OCH3 is 1. The van der Waals surface area contributed by atoms with E-state index in [1.165, 1.54) is 11.1 Å². The van der Waals surface area contributed by atoms with Crippen LogP contribution >= 0.6 is 0 Å². The molecule has 1 aromatic heterocycles. The number of aromatic nitrogens is 2. The largest absolute Gasteiger partial charge is 0.467 e. The first kappa shape index (κ1) is 22.1. The van der Waals surface area contributed by atoms with E-state index in [2.05, 4.69) is 51.0 Å². The van der Waals surface area contributed by atoms with Gasteiger partial charge in [-0.15, -0.1) is 0 Å². The van der Waals surface area contributed by atoms with Crippen molar-refractivity contribution in [1.82, 2.24) is 14.9 Å². The van der Waals surface area contributed by atoms with Crippen molar-refractivity contribution in [2.45, 2.75) is 19.4 Å². The zero-order chi connectivity index (χ0) is 22.6. The van der Waals surface area contributed by atoms with Crippen molar-refractivity contribution in [1.29, 1.82) is 0 Å². The molecule has 0 spiro atoms. The molecular formula is C24H32N6O3. The first-order valence-corrected chi connectivity index (χ1v) is 11.7. The molecule has 5 rings (SSSR count). The number of ether oxygens (including phenoxy) is 3. The van der Waals surface area contributed by atoms with Crippen LogP contribution in [-0.4, -0.2) is 92.9 Å². The maximum absolute atomic E-state index is 5.56. The second-order valence-corrected chi connectivity index (χ2v) is 8.70. The van der Waals surface area contributed by atoms with Gasteiger partial charge in [-0.05, 0) is 12.5 Å². The van der Waals surface area contributed by atoms with Crippen LogP contribution in [0.5, 0.6) is 6.01 Å². The Morgan fingerprint density at radius 3 is 2.42 bits per heavy atom. The molecule has 3 aliphatic rings. The van der Waals surface area contributed by atoms with Gasteiger partial charge in [-0.1, -0.05) is 29.8 Å². The second kappa shape index (κ2) is 10.0. The highest BCUT2D eigenvalue weighted by Gasteiger charge is 2.32. The lowest BCUT2D eigenvalue weighted by molar-refractivity contribution is 0.0355. The molecule has 4 heterocycles. The molecule has 0 amide bonds. The third-order valence-electron chi connectivity index (χ3n) is 6.36. The van der Waals surface area contributed by atoms with Crippen molar-refractivity contribution in [2.75, 3.05) is 76.2 Å². The Morgan fingerprint density at radius 1 is 0.970 bits per heavy atom. The molecule has 33 heavy (non-hydrogen) atoms. The fraction of sp³-hybridized carbons (Fsp3) is 0.542. The average Bonchev–Trinajstić information content (AvgIpc) is 3.29. The number of rotatable bonds is 6. The summed E-state index contributed by atoms with van der Waals surface area (Å²) in [4.78, 5) is 14.0. The highest BCUT2D eigenvalue weighted by molar-refractivity contribution is 6.03. The molecule has 1 atom stereocenters. The van der Waals surface area contributed by atoms with E-state index in [0.29, 0.717) is 19.2 Å². The Hall–Kier alpha value is -2.75. The molecule has 9 heteroatoms. The summed E-state index contributed by atoms with van der Waals surface area (Å²) in [6.45, 7) is 9.45. The number of hydrogen-bond donors (Lipinski definition) is 0. The summed E-state index contributed by atoms with van der Waals surface area (Å²) in [7, 11) is 1.61. The maximum atomic E-state index is 5.56. The predicted molar refractivity (Wildman–Crippen MR) is 127 cm³/mol. The van der Waals surface area contributed by atoms with Crippen LogP contribution in [0.25, 0.3) is 0 Å². The van der Waals surface area contributed by atoms with Gasteiger partial charge in [-0.2, -0.15) is 15.1 Å². The van der Waals surface area contributed by atoms with Crippen molar-refractivity contribution in [2.24, 2.45) is 5.10 Å². The molecule has 2 aromatic rings. The topological polar surface area (TPSA) is 75.6 Å². The van der Waals surface area contributed by atoms with Crippen LogP contribution in [0.3, 0.4) is 0 Å². The molecule has 0 radical (unpaired) electrons. The summed E-state index contributed by atoms with van der Waals surface area (Å²) in [5, 5.41) is 7.15. The summed E-state index contributed by atoms with van der Waals surface area (Å²) >= 11 is 0. The van der Waals surface area contributed by atoms with Crippen LogP contribution in [0.1, 0.15) is 17.5 Å². The van der Waals surface area contributed by atoms with Crippen LogP contribution in [-0.2, 0) is 9.47 Å². The molecule has 0 bridgehead atoms. The van der Waals surface area contributed by atoms with Crippen molar-refractivity contribution in [3.63, 3.8) is 0 Å². The SMILES string of the molecule is COc1nc(N2CCOCC2)cc(N2N=C(c3cccc(C)c3)CC2CN2CCOCC2)n1. The van der Waals surface area contributed by atoms with E-state index >= 15 is 0 Å². The minimum atomic E-state index is 0.177. The summed E-state index contributed by atoms with van der Waals surface area (Å²) < 4.78 is 16.5. The summed E-state index contributed by atoms with van der Waals surface area (Å²) in [6.07, 6.45) is 0.861. The van der Waals surface area contributed by atoms with Gasteiger partial charge < -0.3 is 19.1 Å². The van der Waals surface area contributed by atoms with E-state index in [1.54, 1.807) is 7.11 Å². The van der Waals surface area contributed by atoms with Gasteiger partial charge in [-0.25, -0.2) is 5.01 Å². The Balaban J connectivity index is 1.48. The van der Waals surface area contributed by atoms with Crippen LogP contribution < -0.4 is 14.6 Å². The molecule has 2 fully saturated rings. The van der Waals surface area contributed by atoms with Crippen molar-refractivity contribution >= 4 is 17.3 Å². The van der Waals surface area contributed by atoms with Crippen LogP contribution in [0.4, 0.5) is 11.6 Å². The average molecular weight is 453 g/mol. The third kappa shape index (κ3) is 5.10. The monoisotopic (exact) mass is 452 g/mol. The van der Waals surface area contributed by atoms with Crippen molar-refractivity contribution < 1.29 is 14.2 Å². The Kier molecular flexibility index (Phi) is 6.70. The van der Waals surface area contributed by atoms with E-state index in [4.69, 9.17) is 24.3 Å². The lowest BCUT2D eigenvalue weighted by atomic mass is 10.0. The maximum Gasteiger partial charge on any atom is 0.320 e. The number of hydrazone groups is 1. The normalized spacial score (nSPS) is 21.9. The van der Waals surface area contributed by atoms with Gasteiger partial charge in [0.2, 0.25) is 0 Å². The molecule has 0 saturated carbocycles. The molecular weight excluding hydrogens is 420 g/mol. The molecule has 1 aromatic carbocycles. The number of anilines is 2. The van der Waals surface area contributed by atoms with Gasteiger partial charge >= 0.3 is 6.01 Å². The highest BCUT2D eigenvalue weighted by Crippen LogP contribution is 2.30. The third-order valence-corrected chi connectivity index (χ3v) is 6.36. The van der Waals surface area contributed by atoms with Gasteiger partial charge in [-0.3, -0.25) is 4.90 Å². The van der Waals surface area contributed by atoms with Crippen LogP contribution in [0.15, 0.2) is 35.4 Å². The van der Waals surface area contributed by atoms with Gasteiger partial charge in [0, 0.05) is 45.2 Å². The summed E-state index contributed by atoms with van der Waals surface area (Å²) in [5.74, 6) is 1.62. The quantitative estimate of drug-likeness (QED) is 0.658. The number of benzene rings is 1. The minimum absolute atomic E-state index is 0.177. The summed E-state index contributed by atoms with van der Waals surface area (Å²) in [6, 6.07) is 11.1. The molecule has 9 nitrogen and oxygen atoms in total. The molecule has 176 valence electrons.